The summed E-state index contributed by atoms with van der Waals surface area (Å²) in [6.45, 7) is 0.711. The molecular weight excluding hydrogens is 398 g/mol. The highest BCUT2D eigenvalue weighted by Crippen LogP contribution is 2.38. The van der Waals surface area contributed by atoms with Crippen LogP contribution in [0, 0.1) is 0 Å². The lowest BCUT2D eigenvalue weighted by atomic mass is 10.0. The SMILES string of the molecule is [2H]C([2H])([2H])OC(=O)[C@H](c1ccccc1Cl)N1CCc2sc(OS(C)(=O)=O)cc2C1. The minimum absolute atomic E-state index is 0.249. The molecule has 140 valence electrons. The van der Waals surface area contributed by atoms with Crippen molar-refractivity contribution < 1.29 is 26.2 Å². The number of carbonyl (C=O) groups is 1. The van der Waals surface area contributed by atoms with Gasteiger partial charge in [0.05, 0.1) is 17.4 Å². The molecule has 0 bridgehead atoms. The first-order chi connectivity index (χ1) is 13.4. The zero-order valence-corrected chi connectivity index (χ0v) is 16.2. The predicted molar refractivity (Wildman–Crippen MR) is 100 cm³/mol. The molecule has 6 nitrogen and oxygen atoms in total. The Kier molecular flexibility index (Phi) is 4.49. The second-order valence-electron chi connectivity index (χ2n) is 5.87. The molecule has 0 amide bonds. The molecule has 1 atom stereocenters. The number of methoxy groups -OCH3 is 1. The highest BCUT2D eigenvalue weighted by atomic mass is 35.5. The van der Waals surface area contributed by atoms with Gasteiger partial charge in [-0.1, -0.05) is 29.8 Å². The molecule has 1 aliphatic rings. The van der Waals surface area contributed by atoms with Gasteiger partial charge in [-0.25, -0.2) is 4.79 Å². The first kappa shape index (κ1) is 15.4. The van der Waals surface area contributed by atoms with Gasteiger partial charge < -0.3 is 8.92 Å². The maximum atomic E-state index is 12.7. The third-order valence-corrected chi connectivity index (χ3v) is 6.04. The lowest BCUT2D eigenvalue weighted by molar-refractivity contribution is -0.147. The number of benzene rings is 1. The molecule has 0 radical (unpaired) electrons. The van der Waals surface area contributed by atoms with Gasteiger partial charge in [0.1, 0.15) is 6.04 Å². The third-order valence-electron chi connectivity index (χ3n) is 4.00. The molecule has 0 spiro atoms. The normalized spacial score (nSPS) is 18.2. The highest BCUT2D eigenvalue weighted by molar-refractivity contribution is 7.86. The molecule has 2 heterocycles. The molecule has 0 fully saturated rings. The molecular formula is C17H18ClNO5S2. The number of rotatable bonds is 5. The first-order valence-corrected chi connectivity index (χ1v) is 10.7. The maximum absolute atomic E-state index is 12.7. The summed E-state index contributed by atoms with van der Waals surface area (Å²) < 4.78 is 54.2. The Bertz CT molecular complexity index is 1020. The summed E-state index contributed by atoms with van der Waals surface area (Å²) in [5.41, 5.74) is 1.24. The summed E-state index contributed by atoms with van der Waals surface area (Å²) in [6, 6.07) is 7.27. The number of nitrogens with zero attached hydrogens (tertiary/aromatic N) is 1. The van der Waals surface area contributed by atoms with E-state index in [1.54, 1.807) is 35.2 Å². The van der Waals surface area contributed by atoms with Crippen LogP contribution in [0.4, 0.5) is 0 Å². The van der Waals surface area contributed by atoms with Crippen LogP contribution in [-0.2, 0) is 32.6 Å². The van der Waals surface area contributed by atoms with Gasteiger partial charge in [0, 0.05) is 23.0 Å². The van der Waals surface area contributed by atoms with Crippen LogP contribution in [0.25, 0.3) is 0 Å². The van der Waals surface area contributed by atoms with Crippen LogP contribution in [-0.4, -0.2) is 39.1 Å². The van der Waals surface area contributed by atoms with Gasteiger partial charge in [0.15, 0.2) is 5.06 Å². The van der Waals surface area contributed by atoms with Crippen molar-refractivity contribution in [1.82, 2.24) is 4.90 Å². The number of ether oxygens (including phenoxy) is 1. The van der Waals surface area contributed by atoms with Gasteiger partial charge in [-0.15, -0.1) is 11.3 Å². The van der Waals surface area contributed by atoms with E-state index in [2.05, 4.69) is 4.74 Å². The average molecular weight is 419 g/mol. The Morgan fingerprint density at radius 1 is 1.42 bits per heavy atom. The molecule has 26 heavy (non-hydrogen) atoms. The lowest BCUT2D eigenvalue weighted by Crippen LogP contribution is -2.38. The molecule has 1 aromatic carbocycles. The summed E-state index contributed by atoms with van der Waals surface area (Å²) in [5.74, 6) is -0.926. The van der Waals surface area contributed by atoms with Crippen LogP contribution in [0.5, 0.6) is 5.06 Å². The number of hydrogen-bond donors (Lipinski definition) is 0. The minimum atomic E-state index is -3.65. The van der Waals surface area contributed by atoms with Gasteiger partial charge in [0.2, 0.25) is 0 Å². The molecule has 1 aliphatic heterocycles. The van der Waals surface area contributed by atoms with E-state index in [0.717, 1.165) is 16.7 Å². The van der Waals surface area contributed by atoms with E-state index in [0.29, 0.717) is 23.6 Å². The summed E-state index contributed by atoms with van der Waals surface area (Å²) in [7, 11) is -6.52. The largest absolute Gasteiger partial charge is 0.468 e. The second-order valence-corrected chi connectivity index (χ2v) is 8.95. The second kappa shape index (κ2) is 7.56. The molecule has 0 N–H and O–H groups in total. The lowest BCUT2D eigenvalue weighted by Gasteiger charge is -2.33. The number of halogens is 1. The Balaban J connectivity index is 1.91. The predicted octanol–water partition coefficient (Wildman–Crippen LogP) is 3.01. The fraction of sp³-hybridized carbons (Fsp3) is 0.353. The van der Waals surface area contributed by atoms with Gasteiger partial charge in [-0.05, 0) is 29.7 Å². The van der Waals surface area contributed by atoms with Crippen molar-refractivity contribution in [3.63, 3.8) is 0 Å². The number of hydrogen-bond acceptors (Lipinski definition) is 7. The maximum Gasteiger partial charge on any atom is 0.327 e. The Morgan fingerprint density at radius 2 is 2.19 bits per heavy atom. The number of fused-ring (bicyclic) bond motifs is 1. The quantitative estimate of drug-likeness (QED) is 0.549. The van der Waals surface area contributed by atoms with Crippen molar-refractivity contribution in [2.45, 2.75) is 19.0 Å². The van der Waals surface area contributed by atoms with E-state index in [4.69, 9.17) is 19.9 Å². The molecule has 0 aliphatic carbocycles. The van der Waals surface area contributed by atoms with E-state index in [-0.39, 0.29) is 11.6 Å². The molecule has 9 heteroatoms. The van der Waals surface area contributed by atoms with Crippen LogP contribution < -0.4 is 4.18 Å². The summed E-state index contributed by atoms with van der Waals surface area (Å²) in [6.07, 6.45) is 1.51. The molecule has 0 saturated heterocycles. The van der Waals surface area contributed by atoms with Crippen LogP contribution in [0.1, 0.15) is 26.2 Å². The topological polar surface area (TPSA) is 72.9 Å². The van der Waals surface area contributed by atoms with Crippen molar-refractivity contribution in [2.75, 3.05) is 19.8 Å². The number of carbonyl (C=O) groups excluding carboxylic acids is 1. The van der Waals surface area contributed by atoms with E-state index < -0.39 is 29.2 Å². The van der Waals surface area contributed by atoms with Gasteiger partial charge in [0.25, 0.3) is 0 Å². The van der Waals surface area contributed by atoms with Crippen LogP contribution in [0.15, 0.2) is 30.3 Å². The van der Waals surface area contributed by atoms with Crippen LogP contribution in [0.3, 0.4) is 0 Å². The smallest absolute Gasteiger partial charge is 0.327 e. The van der Waals surface area contributed by atoms with E-state index in [9.17, 15) is 13.2 Å². The number of esters is 1. The van der Waals surface area contributed by atoms with Gasteiger partial charge in [-0.3, -0.25) is 4.90 Å². The fourth-order valence-electron chi connectivity index (χ4n) is 2.96. The highest BCUT2D eigenvalue weighted by Gasteiger charge is 2.33. The van der Waals surface area contributed by atoms with E-state index in [1.165, 1.54) is 11.3 Å². The average Bonchev–Trinajstić information content (AvgIpc) is 2.94. The van der Waals surface area contributed by atoms with Crippen LogP contribution >= 0.6 is 22.9 Å². The summed E-state index contributed by atoms with van der Waals surface area (Å²) in [4.78, 5) is 15.4. The third kappa shape index (κ3) is 4.20. The van der Waals surface area contributed by atoms with Crippen molar-refractivity contribution in [2.24, 2.45) is 0 Å². The van der Waals surface area contributed by atoms with Crippen LogP contribution in [0.2, 0.25) is 5.02 Å². The Morgan fingerprint density at radius 3 is 2.88 bits per heavy atom. The zero-order valence-electron chi connectivity index (χ0n) is 16.8. The van der Waals surface area contributed by atoms with Gasteiger partial charge >= 0.3 is 16.1 Å². The zero-order chi connectivity index (χ0) is 21.4. The summed E-state index contributed by atoms with van der Waals surface area (Å²) >= 11 is 7.50. The minimum Gasteiger partial charge on any atom is -0.468 e. The van der Waals surface area contributed by atoms with Crippen molar-refractivity contribution in [1.29, 1.82) is 0 Å². The van der Waals surface area contributed by atoms with E-state index >= 15 is 0 Å². The Hall–Kier alpha value is -1.61. The molecule has 0 saturated carbocycles. The fourth-order valence-corrected chi connectivity index (χ4v) is 4.95. The molecule has 0 unspecified atom stereocenters. The summed E-state index contributed by atoms with van der Waals surface area (Å²) in [5, 5.41) is 0.566. The van der Waals surface area contributed by atoms with E-state index in [1.807, 2.05) is 0 Å². The van der Waals surface area contributed by atoms with Crippen molar-refractivity contribution >= 4 is 39.0 Å². The number of thiophene rings is 1. The van der Waals surface area contributed by atoms with Gasteiger partial charge in [-0.2, -0.15) is 8.42 Å². The standard InChI is InChI=1S/C17H18ClNO5S2/c1-23-17(20)16(12-5-3-4-6-13(12)18)19-8-7-14-11(10-19)9-15(25-14)24-26(2,21)22/h3-6,9,16H,7-8,10H2,1-2H3/t16-/m0/s1/i1D3. The van der Waals surface area contributed by atoms with Crippen molar-refractivity contribution in [3.8, 4) is 5.06 Å². The monoisotopic (exact) mass is 418 g/mol. The Labute approximate surface area is 165 Å². The molecule has 3 rings (SSSR count). The van der Waals surface area contributed by atoms with Crippen molar-refractivity contribution in [3.05, 3.63) is 51.4 Å². The molecule has 1 aromatic heterocycles. The molecule has 2 aromatic rings. The first-order valence-electron chi connectivity index (χ1n) is 9.15.